The van der Waals surface area contributed by atoms with Gasteiger partial charge in [0.25, 0.3) is 0 Å². The molecule has 1 fully saturated rings. The van der Waals surface area contributed by atoms with Crippen molar-refractivity contribution >= 4 is 29.1 Å². The van der Waals surface area contributed by atoms with E-state index in [4.69, 9.17) is 18.9 Å². The van der Waals surface area contributed by atoms with Gasteiger partial charge < -0.3 is 18.9 Å². The number of esters is 3. The normalized spacial score (nSPS) is 22.8. The van der Waals surface area contributed by atoms with Crippen LogP contribution in [0, 0.1) is 0 Å². The smallest absolute Gasteiger partial charge is 0.433 e. The number of nitrogens with zero attached hydrogens (tertiary/aromatic N) is 3. The molecule has 3 rings (SSSR count). The zero-order chi connectivity index (χ0) is 26.3. The van der Waals surface area contributed by atoms with Crippen LogP contribution in [0.15, 0.2) is 12.4 Å². The number of pyridine rings is 1. The molecule has 0 unspecified atom stereocenters. The highest BCUT2D eigenvalue weighted by Crippen LogP contribution is 2.41. The van der Waals surface area contributed by atoms with Gasteiger partial charge in [-0.3, -0.25) is 19.0 Å². The quantitative estimate of drug-likeness (QED) is 0.338. The maximum absolute atomic E-state index is 13.5. The topological polar surface area (TPSA) is 119 Å². The highest BCUT2D eigenvalue weighted by Gasteiger charge is 2.51. The summed E-state index contributed by atoms with van der Waals surface area (Å²) in [7, 11) is 0. The molecular weight excluding hydrogens is 496 g/mol. The Morgan fingerprint density at radius 3 is 2.09 bits per heavy atom. The van der Waals surface area contributed by atoms with E-state index < -0.39 is 83.8 Å². The van der Waals surface area contributed by atoms with Crippen molar-refractivity contribution in [2.75, 3.05) is 6.61 Å². The van der Waals surface area contributed by atoms with Gasteiger partial charge in [-0.15, -0.1) is 0 Å². The van der Waals surface area contributed by atoms with Gasteiger partial charge in [0.2, 0.25) is 0 Å². The summed E-state index contributed by atoms with van der Waals surface area (Å²) in [6.07, 6.45) is -15.7. The van der Waals surface area contributed by atoms with Crippen molar-refractivity contribution < 1.29 is 59.7 Å². The summed E-state index contributed by atoms with van der Waals surface area (Å²) in [5.74, 6) is -2.57. The fourth-order valence-electron chi connectivity index (χ4n) is 3.47. The van der Waals surface area contributed by atoms with Gasteiger partial charge in [-0.1, -0.05) is 0 Å². The number of imidazole rings is 1. The van der Waals surface area contributed by atoms with Gasteiger partial charge >= 0.3 is 30.3 Å². The first-order valence-electron chi connectivity index (χ1n) is 9.74. The van der Waals surface area contributed by atoms with Crippen molar-refractivity contribution in [1.82, 2.24) is 14.5 Å². The summed E-state index contributed by atoms with van der Waals surface area (Å²) < 4.78 is 102. The standard InChI is InChI=1S/C19H17F6N3O7/c1-7(29)32-5-11-14(33-8(2)30)15(34-9(3)31)17(35-11)28-6-26-13-10(18(20,21)22)4-12(19(23,24)25)27-16(13)28/h4,6,11,14-15,17H,5H2,1-3H3/t11-,14-,15-,17-/m1/s1. The van der Waals surface area contributed by atoms with Crippen molar-refractivity contribution in [2.24, 2.45) is 0 Å². The van der Waals surface area contributed by atoms with E-state index in [1.165, 1.54) is 0 Å². The number of carbonyl (C=O) groups excluding carboxylic acids is 3. The second-order valence-corrected chi connectivity index (χ2v) is 7.39. The molecule has 1 aliphatic heterocycles. The molecule has 4 atom stereocenters. The van der Waals surface area contributed by atoms with E-state index in [0.717, 1.165) is 20.8 Å². The minimum absolute atomic E-state index is 0.177. The molecule has 0 bridgehead atoms. The summed E-state index contributed by atoms with van der Waals surface area (Å²) in [4.78, 5) is 41.4. The number of carbonyl (C=O) groups is 3. The van der Waals surface area contributed by atoms with Gasteiger partial charge in [-0.25, -0.2) is 9.97 Å². The fourth-order valence-corrected chi connectivity index (χ4v) is 3.47. The van der Waals surface area contributed by atoms with Crippen molar-refractivity contribution in [3.05, 3.63) is 23.7 Å². The third-order valence-corrected chi connectivity index (χ3v) is 4.74. The number of alkyl halides is 6. The summed E-state index contributed by atoms with van der Waals surface area (Å²) in [6.45, 7) is 2.49. The van der Waals surface area contributed by atoms with Crippen LogP contribution >= 0.6 is 0 Å². The zero-order valence-corrected chi connectivity index (χ0v) is 18.1. The average molecular weight is 513 g/mol. The first-order chi connectivity index (χ1) is 16.1. The minimum atomic E-state index is -5.24. The van der Waals surface area contributed by atoms with Gasteiger partial charge in [-0.05, 0) is 6.07 Å². The Bertz CT molecular complexity index is 1150. The Labute approximate surface area is 192 Å². The van der Waals surface area contributed by atoms with Crippen LogP contribution in [0.5, 0.6) is 0 Å². The van der Waals surface area contributed by atoms with Gasteiger partial charge in [-0.2, -0.15) is 26.3 Å². The summed E-state index contributed by atoms with van der Waals surface area (Å²) in [5.41, 5.74) is -5.37. The summed E-state index contributed by atoms with van der Waals surface area (Å²) >= 11 is 0. The van der Waals surface area contributed by atoms with Crippen LogP contribution in [-0.4, -0.2) is 57.4 Å². The Morgan fingerprint density at radius 1 is 0.971 bits per heavy atom. The highest BCUT2D eigenvalue weighted by atomic mass is 19.4. The van der Waals surface area contributed by atoms with Crippen molar-refractivity contribution in [2.45, 2.75) is 57.7 Å². The Hall–Kier alpha value is -3.43. The molecule has 0 N–H and O–H groups in total. The predicted octanol–water partition coefficient (Wildman–Crippen LogP) is 2.79. The molecule has 1 aliphatic rings. The lowest BCUT2D eigenvalue weighted by molar-refractivity contribution is -0.166. The number of halogens is 6. The molecule has 192 valence electrons. The number of ether oxygens (including phenoxy) is 4. The molecule has 16 heteroatoms. The Balaban J connectivity index is 2.18. The number of hydrogen-bond donors (Lipinski definition) is 0. The lowest BCUT2D eigenvalue weighted by atomic mass is 10.1. The van der Waals surface area contributed by atoms with Crippen LogP contribution in [-0.2, 0) is 45.7 Å². The summed E-state index contributed by atoms with van der Waals surface area (Å²) in [6, 6.07) is -0.177. The number of hydrogen-bond acceptors (Lipinski definition) is 9. The van der Waals surface area contributed by atoms with Crippen LogP contribution in [0.25, 0.3) is 11.2 Å². The van der Waals surface area contributed by atoms with Gasteiger partial charge in [0.15, 0.2) is 24.1 Å². The molecule has 35 heavy (non-hydrogen) atoms. The number of fused-ring (bicyclic) bond motifs is 1. The van der Waals surface area contributed by atoms with Gasteiger partial charge in [0.1, 0.15) is 23.9 Å². The molecule has 1 saturated heterocycles. The molecule has 0 aromatic carbocycles. The van der Waals surface area contributed by atoms with E-state index in [-0.39, 0.29) is 6.07 Å². The fraction of sp³-hybridized carbons (Fsp3) is 0.526. The van der Waals surface area contributed by atoms with Crippen molar-refractivity contribution in [1.29, 1.82) is 0 Å². The maximum atomic E-state index is 13.5. The van der Waals surface area contributed by atoms with E-state index in [1.807, 2.05) is 0 Å². The lowest BCUT2D eigenvalue weighted by Gasteiger charge is -2.24. The van der Waals surface area contributed by atoms with Gasteiger partial charge in [0, 0.05) is 20.8 Å². The average Bonchev–Trinajstić information content (AvgIpc) is 3.25. The van der Waals surface area contributed by atoms with E-state index in [0.29, 0.717) is 10.9 Å². The van der Waals surface area contributed by atoms with Crippen LogP contribution in [0.3, 0.4) is 0 Å². The molecule has 0 amide bonds. The number of aromatic nitrogens is 3. The molecule has 0 spiro atoms. The molecule has 0 saturated carbocycles. The van der Waals surface area contributed by atoms with Crippen molar-refractivity contribution in [3.8, 4) is 0 Å². The number of rotatable bonds is 5. The molecule has 0 aliphatic carbocycles. The molecular formula is C19H17F6N3O7. The second-order valence-electron chi connectivity index (χ2n) is 7.39. The first kappa shape index (κ1) is 26.2. The monoisotopic (exact) mass is 513 g/mol. The molecule has 0 radical (unpaired) electrons. The zero-order valence-electron chi connectivity index (χ0n) is 18.1. The highest BCUT2D eigenvalue weighted by molar-refractivity contribution is 5.76. The molecule has 10 nitrogen and oxygen atoms in total. The van der Waals surface area contributed by atoms with E-state index in [1.54, 1.807) is 0 Å². The lowest BCUT2D eigenvalue weighted by Crippen LogP contribution is -2.40. The molecule has 2 aromatic heterocycles. The third-order valence-electron chi connectivity index (χ3n) is 4.74. The second kappa shape index (κ2) is 9.31. The predicted molar refractivity (Wildman–Crippen MR) is 99.2 cm³/mol. The first-order valence-corrected chi connectivity index (χ1v) is 9.74. The Morgan fingerprint density at radius 2 is 1.57 bits per heavy atom. The van der Waals surface area contributed by atoms with Crippen molar-refractivity contribution in [3.63, 3.8) is 0 Å². The van der Waals surface area contributed by atoms with E-state index in [2.05, 4.69) is 9.97 Å². The third kappa shape index (κ3) is 5.63. The summed E-state index contributed by atoms with van der Waals surface area (Å²) in [5, 5.41) is 0. The van der Waals surface area contributed by atoms with E-state index in [9.17, 15) is 40.7 Å². The van der Waals surface area contributed by atoms with Gasteiger partial charge in [0.05, 0.1) is 11.9 Å². The molecule has 2 aromatic rings. The maximum Gasteiger partial charge on any atom is 0.433 e. The Kier molecular flexibility index (Phi) is 6.97. The van der Waals surface area contributed by atoms with Crippen LogP contribution in [0.2, 0.25) is 0 Å². The minimum Gasteiger partial charge on any atom is -0.463 e. The van der Waals surface area contributed by atoms with E-state index >= 15 is 0 Å². The largest absolute Gasteiger partial charge is 0.463 e. The van der Waals surface area contributed by atoms with Crippen LogP contribution < -0.4 is 0 Å². The van der Waals surface area contributed by atoms with Crippen LogP contribution in [0.4, 0.5) is 26.3 Å². The molecule has 3 heterocycles. The van der Waals surface area contributed by atoms with Crippen LogP contribution in [0.1, 0.15) is 38.3 Å². The SMILES string of the molecule is CC(=O)OC[C@H]1O[C@@H](n2cnc3c(C(F)(F)F)cc(C(F)(F)F)nc32)[C@H](OC(C)=O)[C@@H]1OC(C)=O.